The minimum Gasteiger partial charge on any atom is -0.497 e. The number of hydrogen-bond donors (Lipinski definition) is 1. The van der Waals surface area contributed by atoms with E-state index in [0.717, 1.165) is 12.8 Å². The Hall–Kier alpha value is -2.78. The minimum atomic E-state index is -0.914. The molecule has 2 amide bonds. The molecule has 0 aliphatic carbocycles. The maximum absolute atomic E-state index is 14.1. The number of carbonyl (C=O) groups is 3. The molecule has 0 bridgehead atoms. The van der Waals surface area contributed by atoms with Crippen molar-refractivity contribution in [2.24, 2.45) is 11.8 Å². The Morgan fingerprint density at radius 1 is 1.18 bits per heavy atom. The number of fused-ring (bicyclic) bond motifs is 2. The van der Waals surface area contributed by atoms with E-state index in [9.17, 15) is 19.5 Å². The molecule has 1 unspecified atom stereocenters. The molecule has 2 fully saturated rings. The quantitative estimate of drug-likeness (QED) is 0.514. The van der Waals surface area contributed by atoms with Crippen LogP contribution in [0.15, 0.2) is 48.6 Å². The molecule has 0 saturated carbocycles. The Morgan fingerprint density at radius 3 is 2.71 bits per heavy atom. The second kappa shape index (κ2) is 9.11. The van der Waals surface area contributed by atoms with Crippen molar-refractivity contribution in [3.63, 3.8) is 0 Å². The van der Waals surface area contributed by atoms with Crippen LogP contribution < -0.4 is 9.64 Å². The number of rotatable bonds is 4. The van der Waals surface area contributed by atoms with Crippen LogP contribution in [0.3, 0.4) is 0 Å². The number of benzene rings is 1. The number of methoxy groups -OCH3 is 1. The summed E-state index contributed by atoms with van der Waals surface area (Å²) in [5.41, 5.74) is 0.692. The molecular weight excluding hydrogens is 456 g/mol. The van der Waals surface area contributed by atoms with E-state index in [4.69, 9.17) is 9.47 Å². The molecular formula is C25H28N2O6S. The molecule has 8 nitrogen and oxygen atoms in total. The maximum atomic E-state index is 14.1. The highest BCUT2D eigenvalue weighted by atomic mass is 32.2. The number of carbonyl (C=O) groups excluding carboxylic acids is 3. The van der Waals surface area contributed by atoms with Crippen molar-refractivity contribution in [1.29, 1.82) is 0 Å². The third-order valence-corrected chi connectivity index (χ3v) is 8.82. The number of aliphatic hydroxyl groups is 1. The van der Waals surface area contributed by atoms with Crippen LogP contribution in [0.2, 0.25) is 0 Å². The highest BCUT2D eigenvalue weighted by Gasteiger charge is 2.70. The number of ether oxygens (including phenoxy) is 2. The normalized spacial score (nSPS) is 33.8. The number of amides is 2. The first-order valence-corrected chi connectivity index (χ1v) is 12.5. The molecule has 5 atom stereocenters. The monoisotopic (exact) mass is 484 g/mol. The number of nitrogens with zero attached hydrogens (tertiary/aromatic N) is 2. The van der Waals surface area contributed by atoms with Crippen molar-refractivity contribution in [3.8, 4) is 5.75 Å². The van der Waals surface area contributed by atoms with E-state index in [1.807, 2.05) is 36.4 Å². The van der Waals surface area contributed by atoms with E-state index in [1.54, 1.807) is 24.1 Å². The van der Waals surface area contributed by atoms with Crippen molar-refractivity contribution in [1.82, 2.24) is 4.90 Å². The van der Waals surface area contributed by atoms with Crippen LogP contribution in [-0.4, -0.2) is 77.2 Å². The number of likely N-dealkylation sites (tertiary alicyclic amines) is 1. The standard InChI is InChI=1S/C25H28N2O6S/c1-32-17-9-7-16(8-10-17)26-12-5-11-25-20(22(29)27(13-14-28)21(25)23(26)30)19-18(34-25)6-3-2-4-15-33-24(19)31/h3,5-11,18-21,28H,2,4,12-15H2,1H3/b6-3-/t18-,19+,20+,21?,25+/m1/s1. The molecule has 0 radical (unpaired) electrons. The van der Waals surface area contributed by atoms with Gasteiger partial charge in [-0.15, -0.1) is 11.8 Å². The van der Waals surface area contributed by atoms with E-state index in [0.29, 0.717) is 24.6 Å². The zero-order valence-corrected chi connectivity index (χ0v) is 19.8. The lowest BCUT2D eigenvalue weighted by molar-refractivity contribution is -0.153. The van der Waals surface area contributed by atoms with Gasteiger partial charge in [0.1, 0.15) is 11.8 Å². The fourth-order valence-corrected chi connectivity index (χ4v) is 7.60. The summed E-state index contributed by atoms with van der Waals surface area (Å²) in [6.45, 7) is 0.413. The van der Waals surface area contributed by atoms with Crippen LogP contribution >= 0.6 is 11.8 Å². The van der Waals surface area contributed by atoms with Gasteiger partial charge in [0, 0.05) is 24.0 Å². The lowest BCUT2D eigenvalue weighted by atomic mass is 9.78. The molecule has 4 heterocycles. The molecule has 1 aromatic carbocycles. The van der Waals surface area contributed by atoms with E-state index < -0.39 is 22.6 Å². The van der Waals surface area contributed by atoms with Gasteiger partial charge in [-0.1, -0.05) is 24.3 Å². The first-order chi connectivity index (χ1) is 16.5. The fraction of sp³-hybridized carbons (Fsp3) is 0.480. The molecule has 4 aliphatic rings. The number of anilines is 1. The molecule has 1 N–H and O–H groups in total. The summed E-state index contributed by atoms with van der Waals surface area (Å²) in [6.07, 6.45) is 9.44. The van der Waals surface area contributed by atoms with Gasteiger partial charge in [-0.25, -0.2) is 0 Å². The second-order valence-electron chi connectivity index (χ2n) is 8.88. The summed E-state index contributed by atoms with van der Waals surface area (Å²) in [5.74, 6) is -1.62. The summed E-state index contributed by atoms with van der Waals surface area (Å²) >= 11 is 1.50. The smallest absolute Gasteiger partial charge is 0.311 e. The molecule has 1 aromatic rings. The fourth-order valence-electron chi connectivity index (χ4n) is 5.60. The number of hydrogen-bond acceptors (Lipinski definition) is 7. The Morgan fingerprint density at radius 2 is 1.97 bits per heavy atom. The Balaban J connectivity index is 1.58. The van der Waals surface area contributed by atoms with Crippen LogP contribution in [0.5, 0.6) is 5.75 Å². The molecule has 4 aliphatic heterocycles. The van der Waals surface area contributed by atoms with E-state index in [-0.39, 0.29) is 36.2 Å². The molecule has 2 saturated heterocycles. The van der Waals surface area contributed by atoms with Gasteiger partial charge >= 0.3 is 5.97 Å². The van der Waals surface area contributed by atoms with E-state index in [1.165, 1.54) is 16.7 Å². The third-order valence-electron chi connectivity index (χ3n) is 7.08. The Bertz CT molecular complexity index is 1040. The SMILES string of the molecule is COc1ccc(N2CC=C[C@]34S[C@@H]5/C=C\CCCOC(=O)[C@@H]5[C@H]3C(=O)N(CCO)C4C2=O)cc1. The van der Waals surface area contributed by atoms with Crippen LogP contribution in [0.4, 0.5) is 5.69 Å². The summed E-state index contributed by atoms with van der Waals surface area (Å²) in [6, 6.07) is 6.37. The van der Waals surface area contributed by atoms with Crippen LogP contribution in [-0.2, 0) is 19.1 Å². The highest BCUT2D eigenvalue weighted by molar-refractivity contribution is 8.02. The van der Waals surface area contributed by atoms with Gasteiger partial charge in [0.15, 0.2) is 0 Å². The lowest BCUT2D eigenvalue weighted by Crippen LogP contribution is -2.53. The van der Waals surface area contributed by atoms with Crippen molar-refractivity contribution in [3.05, 3.63) is 48.6 Å². The molecule has 9 heteroatoms. The second-order valence-corrected chi connectivity index (χ2v) is 10.4. The molecule has 34 heavy (non-hydrogen) atoms. The largest absolute Gasteiger partial charge is 0.497 e. The van der Waals surface area contributed by atoms with E-state index >= 15 is 0 Å². The van der Waals surface area contributed by atoms with Gasteiger partial charge in [0.2, 0.25) is 5.91 Å². The molecule has 1 spiro atoms. The van der Waals surface area contributed by atoms with E-state index in [2.05, 4.69) is 0 Å². The molecule has 180 valence electrons. The first kappa shape index (κ1) is 23.0. The van der Waals surface area contributed by atoms with Crippen molar-refractivity contribution < 1.29 is 29.0 Å². The van der Waals surface area contributed by atoms with Gasteiger partial charge in [0.25, 0.3) is 5.91 Å². The summed E-state index contributed by atoms with van der Waals surface area (Å²) < 4.78 is 9.86. The zero-order chi connectivity index (χ0) is 23.9. The van der Waals surface area contributed by atoms with Gasteiger partial charge in [-0.2, -0.15) is 0 Å². The maximum Gasteiger partial charge on any atom is 0.311 e. The first-order valence-electron chi connectivity index (χ1n) is 11.6. The van der Waals surface area contributed by atoms with Crippen molar-refractivity contribution >= 4 is 35.2 Å². The summed E-state index contributed by atoms with van der Waals surface area (Å²) in [7, 11) is 1.58. The average Bonchev–Trinajstić information content (AvgIpc) is 3.24. The van der Waals surface area contributed by atoms with Crippen LogP contribution in [0.1, 0.15) is 12.8 Å². The topological polar surface area (TPSA) is 96.4 Å². The summed E-state index contributed by atoms with van der Waals surface area (Å²) in [5, 5.41) is 9.48. The number of aliphatic hydroxyl groups excluding tert-OH is 1. The van der Waals surface area contributed by atoms with Gasteiger partial charge in [-0.05, 0) is 37.1 Å². The van der Waals surface area contributed by atoms with Gasteiger partial charge in [0.05, 0.1) is 36.9 Å². The predicted molar refractivity (Wildman–Crippen MR) is 127 cm³/mol. The van der Waals surface area contributed by atoms with Gasteiger partial charge < -0.3 is 24.4 Å². The Kier molecular flexibility index (Phi) is 6.16. The average molecular weight is 485 g/mol. The highest BCUT2D eigenvalue weighted by Crippen LogP contribution is 2.60. The molecule has 0 aromatic heterocycles. The lowest BCUT2D eigenvalue weighted by Gasteiger charge is -2.35. The van der Waals surface area contributed by atoms with Crippen LogP contribution in [0, 0.1) is 11.8 Å². The van der Waals surface area contributed by atoms with Gasteiger partial charge in [-0.3, -0.25) is 14.4 Å². The zero-order valence-electron chi connectivity index (χ0n) is 19.0. The summed E-state index contributed by atoms with van der Waals surface area (Å²) in [4.78, 5) is 44.0. The Labute approximate surface area is 202 Å². The minimum absolute atomic E-state index is 0.0284. The third kappa shape index (κ3) is 3.53. The van der Waals surface area contributed by atoms with Crippen molar-refractivity contribution in [2.45, 2.75) is 28.9 Å². The number of cyclic esters (lactones) is 1. The number of thioether (sulfide) groups is 1. The van der Waals surface area contributed by atoms with Crippen LogP contribution in [0.25, 0.3) is 0 Å². The van der Waals surface area contributed by atoms with Crippen molar-refractivity contribution in [2.75, 3.05) is 38.3 Å². The predicted octanol–water partition coefficient (Wildman–Crippen LogP) is 1.78. The molecule has 5 rings (SSSR count). The number of β-amino-alcohol motifs (C(OH)–C–C–N with tert-alkyl or cyclic N) is 1. The number of esters is 1. The number of allylic oxidation sites excluding steroid dienone is 1.